The first kappa shape index (κ1) is 7.26. The Morgan fingerprint density at radius 2 is 1.57 bits per heavy atom. The van der Waals surface area contributed by atoms with Gasteiger partial charge in [0.1, 0.15) is 0 Å². The molecule has 2 heteroatoms. The quantitative estimate of drug-likeness (QED) is 0.440. The van der Waals surface area contributed by atoms with Crippen LogP contribution >= 0.6 is 22.5 Å². The summed E-state index contributed by atoms with van der Waals surface area (Å²) in [5, 5.41) is 0.269. The molecule has 0 nitrogen and oxygen atoms in total. The van der Waals surface area contributed by atoms with E-state index < -0.39 is 0 Å². The predicted molar refractivity (Wildman–Crippen MR) is 36.6 cm³/mol. The van der Waals surface area contributed by atoms with Gasteiger partial charge in [0.05, 0.1) is 5.25 Å². The first-order valence-electron chi connectivity index (χ1n) is 1.90. The second-order valence-corrected chi connectivity index (χ2v) is 1.78. The Bertz CT molecular complexity index is 84.3. The molecule has 7 heavy (non-hydrogen) atoms. The zero-order valence-electron chi connectivity index (χ0n) is 3.74. The van der Waals surface area contributed by atoms with E-state index in [-0.39, 0.29) is 15.1 Å². The van der Waals surface area contributed by atoms with Gasteiger partial charge in [-0.15, -0.1) is 0 Å². The van der Waals surface area contributed by atoms with Gasteiger partial charge in [0.25, 0.3) is 0 Å². The van der Waals surface area contributed by atoms with Crippen LogP contribution in [0.25, 0.3) is 0 Å². The van der Waals surface area contributed by atoms with Crippen LogP contribution in [0, 0.1) is 0 Å². The molecule has 0 aromatic carbocycles. The van der Waals surface area contributed by atoms with Gasteiger partial charge < -0.3 is 0 Å². The summed E-state index contributed by atoms with van der Waals surface area (Å²) >= 11 is 4.83. The molecule has 36 valence electrons. The number of allylic oxidation sites excluding steroid dienone is 2. The number of hydrogen-bond acceptors (Lipinski definition) is 0. The number of rotatable bonds is 0. The Kier molecular flexibility index (Phi) is 3.41. The minimum atomic E-state index is 0. The predicted octanol–water partition coefficient (Wildman–Crippen LogP) is 2.54. The average molecular weight is 128 g/mol. The zero-order chi connectivity index (χ0) is 4.41. The fourth-order valence-corrected chi connectivity index (χ4v) is 0.593. The van der Waals surface area contributed by atoms with Crippen LogP contribution in [0.1, 0.15) is 0 Å². The Hall–Kier alpha value is 0.260. The second-order valence-electron chi connectivity index (χ2n) is 1.23. The van der Waals surface area contributed by atoms with Crippen molar-refractivity contribution >= 4 is 22.5 Å². The summed E-state index contributed by atoms with van der Waals surface area (Å²) in [6, 6.07) is 0. The highest BCUT2D eigenvalue weighted by Crippen LogP contribution is 2.04. The molecule has 0 unspecified atom stereocenters. The topological polar surface area (TPSA) is 0 Å². The molecule has 4 radical (unpaired) electrons. The molecule has 1 aliphatic rings. The Balaban J connectivity index is 0.000000360. The lowest BCUT2D eigenvalue weighted by Gasteiger charge is -1.81. The van der Waals surface area contributed by atoms with Gasteiger partial charge >= 0.3 is 0 Å². The third-order valence-electron chi connectivity index (χ3n) is 0.713. The fourth-order valence-electron chi connectivity index (χ4n) is 0.411. The highest BCUT2D eigenvalue weighted by molar-refractivity contribution is 7.81. The molecule has 0 amide bonds. The first-order chi connectivity index (χ1) is 2.89. The van der Waals surface area contributed by atoms with Crippen molar-refractivity contribution in [3.8, 4) is 0 Å². The summed E-state index contributed by atoms with van der Waals surface area (Å²) in [5.41, 5.74) is 0. The van der Waals surface area contributed by atoms with Crippen molar-refractivity contribution in [2.24, 2.45) is 0 Å². The maximum atomic E-state index is 4.83. The van der Waals surface area contributed by atoms with Gasteiger partial charge in [-0.3, -0.25) is 0 Å². The van der Waals surface area contributed by atoms with Gasteiger partial charge in [-0.25, -0.2) is 0 Å². The molecule has 0 aromatic rings. The molecular formula is C5H5PS. The van der Waals surface area contributed by atoms with Crippen LogP contribution in [0.3, 0.4) is 0 Å². The van der Waals surface area contributed by atoms with Gasteiger partial charge in [-0.05, 0) is 0 Å². The first-order valence-corrected chi connectivity index (χ1v) is 2.37. The van der Waals surface area contributed by atoms with Crippen LogP contribution in [-0.2, 0) is 0 Å². The molecule has 0 bridgehead atoms. The van der Waals surface area contributed by atoms with Crippen LogP contribution in [0.4, 0.5) is 0 Å². The summed E-state index contributed by atoms with van der Waals surface area (Å²) in [4.78, 5) is 0. The summed E-state index contributed by atoms with van der Waals surface area (Å²) in [5.74, 6) is 0. The van der Waals surface area contributed by atoms with E-state index in [9.17, 15) is 0 Å². The highest BCUT2D eigenvalue weighted by Gasteiger charge is 1.92. The van der Waals surface area contributed by atoms with Crippen molar-refractivity contribution in [3.63, 3.8) is 0 Å². The van der Waals surface area contributed by atoms with Crippen LogP contribution in [0.5, 0.6) is 0 Å². The monoisotopic (exact) mass is 128 g/mol. The molecule has 0 fully saturated rings. The van der Waals surface area contributed by atoms with Gasteiger partial charge in [0.15, 0.2) is 0 Å². The zero-order valence-corrected chi connectivity index (χ0v) is 5.45. The van der Waals surface area contributed by atoms with Crippen molar-refractivity contribution in [1.82, 2.24) is 0 Å². The normalized spacial score (nSPS) is 17.3. The Labute approximate surface area is 52.7 Å². The lowest BCUT2D eigenvalue weighted by molar-refractivity contribution is 1.49. The van der Waals surface area contributed by atoms with E-state index in [1.807, 2.05) is 24.3 Å². The van der Waals surface area contributed by atoms with Crippen LogP contribution in [0.15, 0.2) is 24.3 Å². The molecule has 0 saturated carbocycles. The van der Waals surface area contributed by atoms with Gasteiger partial charge in [-0.2, -0.15) is 0 Å². The van der Waals surface area contributed by atoms with Crippen molar-refractivity contribution in [2.45, 2.75) is 5.25 Å². The summed E-state index contributed by atoms with van der Waals surface area (Å²) < 4.78 is 0. The van der Waals surface area contributed by atoms with Crippen molar-refractivity contribution in [2.75, 3.05) is 0 Å². The molecule has 0 aliphatic heterocycles. The average Bonchev–Trinajstić information content (AvgIpc) is 1.86. The number of hydrogen-bond donors (Lipinski definition) is 0. The van der Waals surface area contributed by atoms with E-state index in [2.05, 4.69) is 0 Å². The fraction of sp³-hybridized carbons (Fsp3) is 0.200. The molecule has 1 rings (SSSR count). The molecular weight excluding hydrogens is 123 g/mol. The summed E-state index contributed by atoms with van der Waals surface area (Å²) in [6.45, 7) is 0. The Morgan fingerprint density at radius 1 is 1.14 bits per heavy atom. The van der Waals surface area contributed by atoms with Crippen LogP contribution < -0.4 is 0 Å². The summed E-state index contributed by atoms with van der Waals surface area (Å²) in [7, 11) is 0. The van der Waals surface area contributed by atoms with Gasteiger partial charge in [0, 0.05) is 9.90 Å². The smallest absolute Gasteiger partial charge is 0.0518 e. The largest absolute Gasteiger partial charge is 0.0814 e. The third-order valence-corrected chi connectivity index (χ3v) is 1.03. The minimum Gasteiger partial charge on any atom is -0.0814 e. The van der Waals surface area contributed by atoms with Crippen molar-refractivity contribution in [1.29, 1.82) is 0 Å². The van der Waals surface area contributed by atoms with Gasteiger partial charge in [-0.1, -0.05) is 36.9 Å². The van der Waals surface area contributed by atoms with E-state index in [4.69, 9.17) is 12.6 Å². The summed E-state index contributed by atoms with van der Waals surface area (Å²) in [6.07, 6.45) is 7.90. The van der Waals surface area contributed by atoms with Crippen LogP contribution in [-0.4, -0.2) is 5.25 Å². The van der Waals surface area contributed by atoms with Crippen LogP contribution in [0.2, 0.25) is 0 Å². The molecule has 0 saturated heterocycles. The third kappa shape index (κ3) is 2.16. The van der Waals surface area contributed by atoms with E-state index in [1.54, 1.807) is 0 Å². The second kappa shape index (κ2) is 3.29. The lowest BCUT2D eigenvalue weighted by Crippen LogP contribution is -1.76. The SMILES string of the molecule is [P].[S]C1C=CC=C1. The molecule has 0 spiro atoms. The maximum absolute atomic E-state index is 4.83. The Morgan fingerprint density at radius 3 is 1.71 bits per heavy atom. The molecule has 0 heterocycles. The molecule has 1 aliphatic carbocycles. The standard InChI is InChI=1S/C5H5S.P/c6-5-3-1-2-4-5;/h1-5H;. The lowest BCUT2D eigenvalue weighted by atomic mass is 10.5. The van der Waals surface area contributed by atoms with E-state index >= 15 is 0 Å². The molecule has 0 atom stereocenters. The molecule has 0 aromatic heterocycles. The maximum Gasteiger partial charge on any atom is 0.0518 e. The molecule has 0 N–H and O–H groups in total. The van der Waals surface area contributed by atoms with E-state index in [1.165, 1.54) is 0 Å². The van der Waals surface area contributed by atoms with E-state index in [0.29, 0.717) is 0 Å². The van der Waals surface area contributed by atoms with Gasteiger partial charge in [0.2, 0.25) is 0 Å². The minimum absolute atomic E-state index is 0. The highest BCUT2D eigenvalue weighted by atomic mass is 32.1. The van der Waals surface area contributed by atoms with E-state index in [0.717, 1.165) is 0 Å². The van der Waals surface area contributed by atoms with Crippen molar-refractivity contribution < 1.29 is 0 Å². The van der Waals surface area contributed by atoms with Crippen molar-refractivity contribution in [3.05, 3.63) is 24.3 Å².